The maximum Gasteiger partial charge on any atom is 0.269 e. The molecule has 1 unspecified atom stereocenters. The Morgan fingerprint density at radius 3 is 2.52 bits per heavy atom. The fourth-order valence-corrected chi connectivity index (χ4v) is 3.23. The molecule has 2 rings (SSSR count). The largest absolute Gasteiger partial charge is 0.313 e. The number of nitrogens with zero attached hydrogens (tertiary/aromatic N) is 1. The Hall–Kier alpha value is -0.990. The lowest BCUT2D eigenvalue weighted by Crippen LogP contribution is -2.20. The van der Waals surface area contributed by atoms with Crippen LogP contribution in [0.25, 0.3) is 0 Å². The third kappa shape index (κ3) is 4.24. The lowest BCUT2D eigenvalue weighted by Gasteiger charge is -2.18. The van der Waals surface area contributed by atoms with Crippen LogP contribution in [0, 0.1) is 13.7 Å². The molecule has 1 atom stereocenters. The molecular weight excluding hydrogens is 447 g/mol. The lowest BCUT2D eigenvalue weighted by molar-refractivity contribution is -0.384. The van der Waals surface area contributed by atoms with E-state index < -0.39 is 0 Å². The molecule has 0 fully saturated rings. The molecule has 6 heteroatoms. The van der Waals surface area contributed by atoms with Crippen LogP contribution in [0.2, 0.25) is 0 Å². The van der Waals surface area contributed by atoms with Gasteiger partial charge in [0.2, 0.25) is 0 Å². The summed E-state index contributed by atoms with van der Waals surface area (Å²) in [5, 5.41) is 14.0. The van der Waals surface area contributed by atoms with Gasteiger partial charge in [0.25, 0.3) is 5.69 Å². The summed E-state index contributed by atoms with van der Waals surface area (Å²) in [7, 11) is 1.92. The number of hydrogen-bond donors (Lipinski definition) is 1. The predicted octanol–water partition coefficient (Wildman–Crippen LogP) is 4.47. The van der Waals surface area contributed by atoms with Crippen molar-refractivity contribution in [2.24, 2.45) is 0 Å². The SMILES string of the molecule is CNC(Cc1ccc([N+](=O)[O-])cc1)c1cc(Br)ccc1I. The topological polar surface area (TPSA) is 55.2 Å². The Kier molecular flexibility index (Phi) is 5.72. The zero-order valence-electron chi connectivity index (χ0n) is 11.3. The van der Waals surface area contributed by atoms with E-state index in [2.05, 4.69) is 56.0 Å². The third-order valence-electron chi connectivity index (χ3n) is 3.27. The molecular formula is C15H14BrIN2O2. The van der Waals surface area contributed by atoms with Crippen LogP contribution in [0.3, 0.4) is 0 Å². The first-order chi connectivity index (χ1) is 10.0. The maximum atomic E-state index is 10.7. The van der Waals surface area contributed by atoms with Gasteiger partial charge in [-0.3, -0.25) is 10.1 Å². The molecule has 2 aromatic rings. The zero-order chi connectivity index (χ0) is 15.4. The van der Waals surface area contributed by atoms with Crippen LogP contribution < -0.4 is 5.32 Å². The second kappa shape index (κ2) is 7.33. The fourth-order valence-electron chi connectivity index (χ4n) is 2.14. The summed E-state index contributed by atoms with van der Waals surface area (Å²) < 4.78 is 2.24. The first-order valence-electron chi connectivity index (χ1n) is 6.37. The van der Waals surface area contributed by atoms with E-state index in [1.165, 1.54) is 9.13 Å². The quantitative estimate of drug-likeness (QED) is 0.407. The van der Waals surface area contributed by atoms with Crippen LogP contribution in [0.5, 0.6) is 0 Å². The highest BCUT2D eigenvalue weighted by Gasteiger charge is 2.14. The number of nitro groups is 1. The van der Waals surface area contributed by atoms with Gasteiger partial charge in [-0.05, 0) is 65.4 Å². The van der Waals surface area contributed by atoms with Gasteiger partial charge in [-0.25, -0.2) is 0 Å². The molecule has 110 valence electrons. The second-order valence-electron chi connectivity index (χ2n) is 4.63. The average Bonchev–Trinajstić information content (AvgIpc) is 2.48. The van der Waals surface area contributed by atoms with Gasteiger partial charge in [0.05, 0.1) is 4.92 Å². The molecule has 0 spiro atoms. The number of rotatable bonds is 5. The summed E-state index contributed by atoms with van der Waals surface area (Å²) in [6, 6.07) is 13.1. The summed E-state index contributed by atoms with van der Waals surface area (Å²) in [6.45, 7) is 0. The van der Waals surface area contributed by atoms with Crippen molar-refractivity contribution >= 4 is 44.2 Å². The minimum Gasteiger partial charge on any atom is -0.313 e. The molecule has 0 heterocycles. The summed E-state index contributed by atoms with van der Waals surface area (Å²) >= 11 is 5.82. The summed E-state index contributed by atoms with van der Waals surface area (Å²) in [4.78, 5) is 10.3. The Morgan fingerprint density at radius 2 is 1.95 bits per heavy atom. The lowest BCUT2D eigenvalue weighted by atomic mass is 9.99. The van der Waals surface area contributed by atoms with E-state index in [-0.39, 0.29) is 16.7 Å². The number of likely N-dealkylation sites (N-methyl/N-ethyl adjacent to an activating group) is 1. The van der Waals surface area contributed by atoms with E-state index in [1.54, 1.807) is 12.1 Å². The summed E-state index contributed by atoms with van der Waals surface area (Å²) in [6.07, 6.45) is 0.779. The van der Waals surface area contributed by atoms with E-state index in [1.807, 2.05) is 25.2 Å². The van der Waals surface area contributed by atoms with Gasteiger partial charge in [0, 0.05) is 26.2 Å². The highest BCUT2D eigenvalue weighted by molar-refractivity contribution is 14.1. The highest BCUT2D eigenvalue weighted by atomic mass is 127. The first-order valence-corrected chi connectivity index (χ1v) is 8.24. The van der Waals surface area contributed by atoms with E-state index in [0.29, 0.717) is 0 Å². The van der Waals surface area contributed by atoms with Crippen molar-refractivity contribution in [2.75, 3.05) is 7.05 Å². The van der Waals surface area contributed by atoms with Crippen LogP contribution in [-0.4, -0.2) is 12.0 Å². The molecule has 0 saturated carbocycles. The van der Waals surface area contributed by atoms with Gasteiger partial charge in [-0.15, -0.1) is 0 Å². The van der Waals surface area contributed by atoms with Crippen molar-refractivity contribution in [1.29, 1.82) is 0 Å². The molecule has 0 amide bonds. The number of halogens is 2. The van der Waals surface area contributed by atoms with Crippen molar-refractivity contribution in [3.05, 3.63) is 71.7 Å². The molecule has 0 radical (unpaired) electrons. The van der Waals surface area contributed by atoms with Gasteiger partial charge in [-0.1, -0.05) is 28.1 Å². The fraction of sp³-hybridized carbons (Fsp3) is 0.200. The van der Waals surface area contributed by atoms with Crippen LogP contribution in [0.15, 0.2) is 46.9 Å². The molecule has 4 nitrogen and oxygen atoms in total. The van der Waals surface area contributed by atoms with E-state index in [4.69, 9.17) is 0 Å². The molecule has 0 aliphatic rings. The Labute approximate surface area is 145 Å². The second-order valence-corrected chi connectivity index (χ2v) is 6.71. The first kappa shape index (κ1) is 16.4. The molecule has 0 aliphatic carbocycles. The number of benzene rings is 2. The standard InChI is InChI=1S/C15H14BrIN2O2/c1-18-15(13-9-11(16)4-7-14(13)17)8-10-2-5-12(6-3-10)19(20)21/h2-7,9,15,18H,8H2,1H3. The molecule has 0 saturated heterocycles. The van der Waals surface area contributed by atoms with Gasteiger partial charge in [0.15, 0.2) is 0 Å². The minimum atomic E-state index is -0.378. The average molecular weight is 461 g/mol. The molecule has 1 N–H and O–H groups in total. The number of non-ortho nitro benzene ring substituents is 1. The van der Waals surface area contributed by atoms with Gasteiger partial charge >= 0.3 is 0 Å². The van der Waals surface area contributed by atoms with Crippen molar-refractivity contribution in [1.82, 2.24) is 5.32 Å². The Morgan fingerprint density at radius 1 is 1.29 bits per heavy atom. The number of nitro benzene ring substituents is 1. The molecule has 0 aliphatic heterocycles. The number of hydrogen-bond acceptors (Lipinski definition) is 3. The van der Waals surface area contributed by atoms with Crippen LogP contribution >= 0.6 is 38.5 Å². The molecule has 21 heavy (non-hydrogen) atoms. The highest BCUT2D eigenvalue weighted by Crippen LogP contribution is 2.27. The number of nitrogens with one attached hydrogen (secondary N) is 1. The van der Waals surface area contributed by atoms with Gasteiger partial charge < -0.3 is 5.32 Å². The normalized spacial score (nSPS) is 12.1. The van der Waals surface area contributed by atoms with E-state index in [9.17, 15) is 10.1 Å². The summed E-state index contributed by atoms with van der Waals surface area (Å²) in [5.74, 6) is 0. The van der Waals surface area contributed by atoms with Crippen molar-refractivity contribution < 1.29 is 4.92 Å². The van der Waals surface area contributed by atoms with E-state index in [0.717, 1.165) is 16.5 Å². The molecule has 2 aromatic carbocycles. The van der Waals surface area contributed by atoms with Crippen LogP contribution in [0.4, 0.5) is 5.69 Å². The van der Waals surface area contributed by atoms with Crippen molar-refractivity contribution in [3.63, 3.8) is 0 Å². The third-order valence-corrected chi connectivity index (χ3v) is 4.74. The Balaban J connectivity index is 2.22. The molecule has 0 aromatic heterocycles. The van der Waals surface area contributed by atoms with Gasteiger partial charge in [-0.2, -0.15) is 0 Å². The van der Waals surface area contributed by atoms with Crippen molar-refractivity contribution in [2.45, 2.75) is 12.5 Å². The zero-order valence-corrected chi connectivity index (χ0v) is 15.1. The smallest absolute Gasteiger partial charge is 0.269 e. The van der Waals surface area contributed by atoms with E-state index >= 15 is 0 Å². The van der Waals surface area contributed by atoms with Crippen LogP contribution in [0.1, 0.15) is 17.2 Å². The van der Waals surface area contributed by atoms with Gasteiger partial charge in [0.1, 0.15) is 0 Å². The Bertz CT molecular complexity index is 647. The maximum absolute atomic E-state index is 10.7. The summed E-state index contributed by atoms with van der Waals surface area (Å²) in [5.41, 5.74) is 2.40. The monoisotopic (exact) mass is 460 g/mol. The minimum absolute atomic E-state index is 0.122. The van der Waals surface area contributed by atoms with Crippen LogP contribution in [-0.2, 0) is 6.42 Å². The predicted molar refractivity (Wildman–Crippen MR) is 95.5 cm³/mol. The molecule has 0 bridgehead atoms. The van der Waals surface area contributed by atoms with Crippen molar-refractivity contribution in [3.8, 4) is 0 Å².